The molecule has 1 amide bonds. The van der Waals surface area contributed by atoms with Gasteiger partial charge in [0.05, 0.1) is 19.8 Å². The van der Waals surface area contributed by atoms with Crippen LogP contribution in [0.2, 0.25) is 0 Å². The zero-order valence-corrected chi connectivity index (χ0v) is 13.9. The molecule has 2 atom stereocenters. The quantitative estimate of drug-likeness (QED) is 0.760. The van der Waals surface area contributed by atoms with Crippen molar-refractivity contribution in [1.82, 2.24) is 10.6 Å². The zero-order valence-electron chi connectivity index (χ0n) is 13.1. The monoisotopic (exact) mass is 342 g/mol. The van der Waals surface area contributed by atoms with Crippen LogP contribution in [-0.2, 0) is 19.1 Å². The van der Waals surface area contributed by atoms with Gasteiger partial charge in [-0.3, -0.25) is 4.79 Å². The van der Waals surface area contributed by atoms with Crippen LogP contribution in [0.1, 0.15) is 24.9 Å². The Hall–Kier alpha value is -1.63. The maximum Gasteiger partial charge on any atom is 0.333 e. The number of hydrogen-bond donors (Lipinski definition) is 2. The van der Waals surface area contributed by atoms with Crippen LogP contribution in [0.4, 0.5) is 0 Å². The van der Waals surface area contributed by atoms with Crippen LogP contribution < -0.4 is 10.6 Å². The molecule has 1 aromatic rings. The molecule has 7 heteroatoms. The van der Waals surface area contributed by atoms with E-state index in [4.69, 9.17) is 9.47 Å². The number of rotatable bonds is 6. The Bertz CT molecular complexity index is 492. The van der Waals surface area contributed by atoms with Crippen LogP contribution in [0.5, 0.6) is 0 Å². The molecule has 0 radical (unpaired) electrons. The summed E-state index contributed by atoms with van der Waals surface area (Å²) in [4.78, 5) is 24.3. The number of carbonyl (C=O) groups is 2. The van der Waals surface area contributed by atoms with E-state index >= 15 is 0 Å². The molecule has 0 aromatic heterocycles. The molecular formula is C16H23ClN2O4. The first kappa shape index (κ1) is 19.4. The van der Waals surface area contributed by atoms with Crippen molar-refractivity contribution < 1.29 is 19.1 Å². The molecule has 23 heavy (non-hydrogen) atoms. The van der Waals surface area contributed by atoms with Crippen molar-refractivity contribution >= 4 is 24.3 Å². The first-order valence-corrected chi connectivity index (χ1v) is 7.52. The summed E-state index contributed by atoms with van der Waals surface area (Å²) in [6, 6.07) is 8.30. The van der Waals surface area contributed by atoms with Crippen LogP contribution in [-0.4, -0.2) is 44.3 Å². The molecule has 1 aromatic carbocycles. The zero-order chi connectivity index (χ0) is 15.8. The highest BCUT2D eigenvalue weighted by Crippen LogP contribution is 2.15. The van der Waals surface area contributed by atoms with Crippen LogP contribution in [0, 0.1) is 0 Å². The van der Waals surface area contributed by atoms with Gasteiger partial charge < -0.3 is 20.1 Å². The topological polar surface area (TPSA) is 76.7 Å². The molecular weight excluding hydrogens is 320 g/mol. The van der Waals surface area contributed by atoms with Gasteiger partial charge in [-0.05, 0) is 12.5 Å². The summed E-state index contributed by atoms with van der Waals surface area (Å²) in [5.41, 5.74) is 0.710. The molecule has 0 saturated carbocycles. The largest absolute Gasteiger partial charge is 0.464 e. The molecule has 1 unspecified atom stereocenters. The summed E-state index contributed by atoms with van der Waals surface area (Å²) in [6.45, 7) is 3.91. The minimum atomic E-state index is -0.779. The summed E-state index contributed by atoms with van der Waals surface area (Å²) >= 11 is 0. The highest BCUT2D eigenvalue weighted by molar-refractivity contribution is 5.86. The van der Waals surface area contributed by atoms with E-state index in [1.807, 2.05) is 18.2 Å². The van der Waals surface area contributed by atoms with Gasteiger partial charge in [-0.1, -0.05) is 30.3 Å². The van der Waals surface area contributed by atoms with Crippen molar-refractivity contribution in [3.05, 3.63) is 35.9 Å². The first-order chi connectivity index (χ1) is 10.7. The van der Waals surface area contributed by atoms with Crippen molar-refractivity contribution in [2.24, 2.45) is 0 Å². The third-order valence-electron chi connectivity index (χ3n) is 3.39. The Morgan fingerprint density at radius 2 is 2.13 bits per heavy atom. The Balaban J connectivity index is 0.00000264. The standard InChI is InChI=1S/C16H22N2O4.ClH/c1-2-22-16(20)15(12-6-4-3-5-7-12)18-14(19)10-13-11-21-9-8-17-13;/h3-7,13,15,17H,2,8-11H2,1H3,(H,18,19);1H/t13?,15-;/m1./s1. The predicted molar refractivity (Wildman–Crippen MR) is 88.4 cm³/mol. The van der Waals surface area contributed by atoms with E-state index in [2.05, 4.69) is 10.6 Å². The minimum absolute atomic E-state index is 0. The van der Waals surface area contributed by atoms with E-state index in [0.29, 0.717) is 18.8 Å². The summed E-state index contributed by atoms with van der Waals surface area (Å²) in [5, 5.41) is 5.97. The van der Waals surface area contributed by atoms with E-state index in [1.54, 1.807) is 19.1 Å². The van der Waals surface area contributed by atoms with Crippen LogP contribution in [0.25, 0.3) is 0 Å². The smallest absolute Gasteiger partial charge is 0.333 e. The number of morpholine rings is 1. The Kier molecular flexibility index (Phi) is 8.61. The van der Waals surface area contributed by atoms with Crippen molar-refractivity contribution in [2.45, 2.75) is 25.4 Å². The second kappa shape index (κ2) is 10.2. The molecule has 2 N–H and O–H groups in total. The van der Waals surface area contributed by atoms with Gasteiger partial charge in [-0.25, -0.2) is 4.79 Å². The summed E-state index contributed by atoms with van der Waals surface area (Å²) in [6.07, 6.45) is 0.267. The molecule has 1 aliphatic rings. The number of carbonyl (C=O) groups excluding carboxylic acids is 2. The van der Waals surface area contributed by atoms with E-state index in [0.717, 1.165) is 6.54 Å². The number of amides is 1. The molecule has 1 heterocycles. The highest BCUT2D eigenvalue weighted by Gasteiger charge is 2.25. The normalized spacial score (nSPS) is 18.4. The van der Waals surface area contributed by atoms with E-state index in [9.17, 15) is 9.59 Å². The van der Waals surface area contributed by atoms with Crippen molar-refractivity contribution in [3.63, 3.8) is 0 Å². The number of hydrogen-bond acceptors (Lipinski definition) is 5. The summed E-state index contributed by atoms with van der Waals surface area (Å²) in [7, 11) is 0. The lowest BCUT2D eigenvalue weighted by Crippen LogP contribution is -2.45. The molecule has 0 bridgehead atoms. The van der Waals surface area contributed by atoms with E-state index < -0.39 is 12.0 Å². The molecule has 0 aliphatic carbocycles. The third-order valence-corrected chi connectivity index (χ3v) is 3.39. The fraction of sp³-hybridized carbons (Fsp3) is 0.500. The average molecular weight is 343 g/mol. The summed E-state index contributed by atoms with van der Waals surface area (Å²) in [5.74, 6) is -0.653. The van der Waals surface area contributed by atoms with Gasteiger partial charge >= 0.3 is 5.97 Å². The van der Waals surface area contributed by atoms with Gasteiger partial charge in [-0.2, -0.15) is 0 Å². The fourth-order valence-corrected chi connectivity index (χ4v) is 2.34. The van der Waals surface area contributed by atoms with Crippen LogP contribution >= 0.6 is 12.4 Å². The number of nitrogens with one attached hydrogen (secondary N) is 2. The molecule has 1 aliphatic heterocycles. The Labute approximate surface area is 142 Å². The van der Waals surface area contributed by atoms with Crippen molar-refractivity contribution in [2.75, 3.05) is 26.4 Å². The molecule has 1 saturated heterocycles. The Morgan fingerprint density at radius 3 is 2.74 bits per heavy atom. The second-order valence-electron chi connectivity index (χ2n) is 5.09. The lowest BCUT2D eigenvalue weighted by Gasteiger charge is -2.24. The molecule has 0 spiro atoms. The third kappa shape index (κ3) is 6.17. The maximum atomic E-state index is 12.2. The minimum Gasteiger partial charge on any atom is -0.464 e. The molecule has 2 rings (SSSR count). The molecule has 128 valence electrons. The number of benzene rings is 1. The summed E-state index contributed by atoms with van der Waals surface area (Å²) < 4.78 is 10.4. The lowest BCUT2D eigenvalue weighted by atomic mass is 10.1. The van der Waals surface area contributed by atoms with Crippen molar-refractivity contribution in [3.8, 4) is 0 Å². The van der Waals surface area contributed by atoms with Gasteiger partial charge in [0.25, 0.3) is 0 Å². The van der Waals surface area contributed by atoms with Crippen LogP contribution in [0.3, 0.4) is 0 Å². The second-order valence-corrected chi connectivity index (χ2v) is 5.09. The van der Waals surface area contributed by atoms with Gasteiger partial charge in [0, 0.05) is 19.0 Å². The first-order valence-electron chi connectivity index (χ1n) is 7.52. The Morgan fingerprint density at radius 1 is 1.39 bits per heavy atom. The van der Waals surface area contributed by atoms with Gasteiger partial charge in [-0.15, -0.1) is 12.4 Å². The average Bonchev–Trinajstić information content (AvgIpc) is 2.54. The highest BCUT2D eigenvalue weighted by atomic mass is 35.5. The van der Waals surface area contributed by atoms with Gasteiger partial charge in [0.1, 0.15) is 0 Å². The lowest BCUT2D eigenvalue weighted by molar-refractivity contribution is -0.147. The number of esters is 1. The maximum absolute atomic E-state index is 12.2. The molecule has 1 fully saturated rings. The predicted octanol–water partition coefficient (Wildman–Crippen LogP) is 1.21. The van der Waals surface area contributed by atoms with Crippen molar-refractivity contribution in [1.29, 1.82) is 0 Å². The SMILES string of the molecule is CCOC(=O)[C@H](NC(=O)CC1COCCN1)c1ccccc1.Cl. The van der Waals surface area contributed by atoms with E-state index in [-0.39, 0.29) is 37.4 Å². The van der Waals surface area contributed by atoms with Gasteiger partial charge in [0.2, 0.25) is 5.91 Å². The number of ether oxygens (including phenoxy) is 2. The molecule has 6 nitrogen and oxygen atoms in total. The van der Waals surface area contributed by atoms with E-state index in [1.165, 1.54) is 0 Å². The van der Waals surface area contributed by atoms with Gasteiger partial charge in [0.15, 0.2) is 6.04 Å². The fourth-order valence-electron chi connectivity index (χ4n) is 2.34. The van der Waals surface area contributed by atoms with Crippen LogP contribution in [0.15, 0.2) is 30.3 Å². The number of halogens is 1.